The molecule has 0 aliphatic heterocycles. The van der Waals surface area contributed by atoms with Crippen molar-refractivity contribution in [3.63, 3.8) is 0 Å². The first-order valence-corrected chi connectivity index (χ1v) is 9.70. The summed E-state index contributed by atoms with van der Waals surface area (Å²) in [6.07, 6.45) is 1.70. The minimum Gasteiger partial charge on any atom is -0.345 e. The van der Waals surface area contributed by atoms with Gasteiger partial charge in [-0.25, -0.2) is 9.55 Å². The third-order valence-electron chi connectivity index (χ3n) is 3.79. The van der Waals surface area contributed by atoms with Crippen molar-refractivity contribution >= 4 is 24.8 Å². The molecule has 3 aromatic rings. The van der Waals surface area contributed by atoms with Crippen molar-refractivity contribution in [1.82, 2.24) is 15.3 Å². The Morgan fingerprint density at radius 3 is 2.44 bits per heavy atom. The van der Waals surface area contributed by atoms with Crippen molar-refractivity contribution in [2.45, 2.75) is 12.5 Å². The average Bonchev–Trinajstić information content (AvgIpc) is 2.66. The topological polar surface area (TPSA) is 122 Å². The Labute approximate surface area is 155 Å². The number of hydrogen-bond acceptors (Lipinski definition) is 5. The Kier molecular flexibility index (Phi) is 5.93. The fourth-order valence-electron chi connectivity index (χ4n) is 2.56. The second kappa shape index (κ2) is 8.37. The normalized spacial score (nSPS) is 12.7. The molecule has 0 bridgehead atoms. The highest BCUT2D eigenvalue weighted by molar-refractivity contribution is 7.46. The van der Waals surface area contributed by atoms with Gasteiger partial charge in [0.2, 0.25) is 0 Å². The van der Waals surface area contributed by atoms with Gasteiger partial charge in [0.25, 0.3) is 5.91 Å². The molecule has 9 heteroatoms. The second-order valence-corrected chi connectivity index (χ2v) is 7.13. The van der Waals surface area contributed by atoms with Crippen molar-refractivity contribution in [2.24, 2.45) is 0 Å². The van der Waals surface area contributed by atoms with E-state index in [-0.39, 0.29) is 12.3 Å². The van der Waals surface area contributed by atoms with Crippen molar-refractivity contribution < 1.29 is 23.7 Å². The van der Waals surface area contributed by atoms with Crippen LogP contribution in [0.2, 0.25) is 0 Å². The molecular weight excluding hydrogens is 369 g/mol. The van der Waals surface area contributed by atoms with E-state index in [0.717, 1.165) is 5.56 Å². The molecule has 0 spiro atoms. The van der Waals surface area contributed by atoms with E-state index in [2.05, 4.69) is 19.8 Å². The molecule has 3 N–H and O–H groups in total. The smallest absolute Gasteiger partial charge is 0.345 e. The number of carbonyl (C=O) groups excluding carboxylic acids is 1. The van der Waals surface area contributed by atoms with Crippen LogP contribution in [0.15, 0.2) is 60.8 Å². The molecule has 1 heterocycles. The van der Waals surface area contributed by atoms with Crippen LogP contribution in [-0.2, 0) is 15.5 Å². The van der Waals surface area contributed by atoms with Gasteiger partial charge in [-0.2, -0.15) is 0 Å². The van der Waals surface area contributed by atoms with Gasteiger partial charge in [0.15, 0.2) is 0 Å². The zero-order valence-corrected chi connectivity index (χ0v) is 15.1. The molecule has 1 atom stereocenters. The van der Waals surface area contributed by atoms with E-state index in [9.17, 15) is 9.36 Å². The standard InChI is InChI=1S/C18H18N3O5P/c22-18(17-11-19-15-8-4-5-9-16(15)21-17)20-14(12-26-27(23,24)25)10-13-6-2-1-3-7-13/h1-9,11,14H,10,12H2,(H,20,22)(H2,23,24,25). The number of rotatable bonds is 7. The third-order valence-corrected chi connectivity index (χ3v) is 4.27. The lowest BCUT2D eigenvalue weighted by molar-refractivity contribution is 0.0904. The van der Waals surface area contributed by atoms with Crippen LogP contribution in [0.4, 0.5) is 0 Å². The second-order valence-electron chi connectivity index (χ2n) is 5.89. The van der Waals surface area contributed by atoms with E-state index in [0.29, 0.717) is 17.5 Å². The van der Waals surface area contributed by atoms with Crippen LogP contribution in [0.25, 0.3) is 11.0 Å². The Bertz CT molecular complexity index is 977. The van der Waals surface area contributed by atoms with Gasteiger partial charge in [0.05, 0.1) is 29.9 Å². The Morgan fingerprint density at radius 2 is 1.74 bits per heavy atom. The predicted octanol–water partition coefficient (Wildman–Crippen LogP) is 2.08. The summed E-state index contributed by atoms with van der Waals surface area (Å²) in [5, 5.41) is 2.71. The van der Waals surface area contributed by atoms with Crippen LogP contribution in [-0.4, -0.2) is 38.3 Å². The fraction of sp³-hybridized carbons (Fsp3) is 0.167. The van der Waals surface area contributed by atoms with E-state index in [4.69, 9.17) is 9.79 Å². The summed E-state index contributed by atoms with van der Waals surface area (Å²) in [5.41, 5.74) is 2.25. The maximum atomic E-state index is 12.6. The molecule has 0 aliphatic carbocycles. The maximum Gasteiger partial charge on any atom is 0.469 e. The Morgan fingerprint density at radius 1 is 1.07 bits per heavy atom. The van der Waals surface area contributed by atoms with Gasteiger partial charge in [-0.1, -0.05) is 42.5 Å². The molecular formula is C18H18N3O5P. The minimum atomic E-state index is -4.65. The van der Waals surface area contributed by atoms with E-state index in [1.807, 2.05) is 36.4 Å². The molecule has 1 unspecified atom stereocenters. The molecule has 1 amide bonds. The van der Waals surface area contributed by atoms with E-state index in [1.54, 1.807) is 18.2 Å². The zero-order chi connectivity index (χ0) is 19.3. The van der Waals surface area contributed by atoms with Crippen LogP contribution < -0.4 is 5.32 Å². The van der Waals surface area contributed by atoms with E-state index in [1.165, 1.54) is 6.20 Å². The van der Waals surface area contributed by atoms with Crippen LogP contribution >= 0.6 is 7.82 Å². The summed E-state index contributed by atoms with van der Waals surface area (Å²) in [7, 11) is -4.65. The summed E-state index contributed by atoms with van der Waals surface area (Å²) in [6, 6.07) is 15.7. The first-order chi connectivity index (χ1) is 12.9. The lowest BCUT2D eigenvalue weighted by Gasteiger charge is -2.19. The van der Waals surface area contributed by atoms with Gasteiger partial charge in [-0.3, -0.25) is 14.3 Å². The molecule has 3 rings (SSSR count). The number of phosphoric acid groups is 1. The highest BCUT2D eigenvalue weighted by Gasteiger charge is 2.21. The molecule has 0 aliphatic rings. The van der Waals surface area contributed by atoms with Crippen molar-refractivity contribution in [1.29, 1.82) is 0 Å². The van der Waals surface area contributed by atoms with Gasteiger partial charge >= 0.3 is 7.82 Å². The largest absolute Gasteiger partial charge is 0.469 e. The summed E-state index contributed by atoms with van der Waals surface area (Å²) >= 11 is 0. The first kappa shape index (κ1) is 19.1. The van der Waals surface area contributed by atoms with Crippen LogP contribution in [0.5, 0.6) is 0 Å². The maximum absolute atomic E-state index is 12.6. The molecule has 0 saturated carbocycles. The molecule has 1 aromatic heterocycles. The minimum absolute atomic E-state index is 0.114. The molecule has 0 fully saturated rings. The monoisotopic (exact) mass is 387 g/mol. The number of phosphoric ester groups is 1. The number of para-hydroxylation sites is 2. The number of nitrogens with one attached hydrogen (secondary N) is 1. The first-order valence-electron chi connectivity index (χ1n) is 8.17. The molecule has 27 heavy (non-hydrogen) atoms. The average molecular weight is 387 g/mol. The van der Waals surface area contributed by atoms with Gasteiger partial charge < -0.3 is 15.1 Å². The SMILES string of the molecule is O=C(NC(COP(=O)(O)O)Cc1ccccc1)c1cnc2ccccc2n1. The number of fused-ring (bicyclic) bond motifs is 1. The van der Waals surface area contributed by atoms with Crippen LogP contribution in [0, 0.1) is 0 Å². The van der Waals surface area contributed by atoms with Gasteiger partial charge in [-0.15, -0.1) is 0 Å². The number of benzene rings is 2. The van der Waals surface area contributed by atoms with Gasteiger partial charge in [-0.05, 0) is 24.1 Å². The molecule has 0 saturated heterocycles. The number of hydrogen-bond donors (Lipinski definition) is 3. The van der Waals surface area contributed by atoms with Crippen molar-refractivity contribution in [3.05, 3.63) is 72.1 Å². The number of carbonyl (C=O) groups is 1. The fourth-order valence-corrected chi connectivity index (χ4v) is 2.94. The summed E-state index contributed by atoms with van der Waals surface area (Å²) < 4.78 is 15.6. The molecule has 8 nitrogen and oxygen atoms in total. The summed E-state index contributed by atoms with van der Waals surface area (Å²) in [4.78, 5) is 38.9. The van der Waals surface area contributed by atoms with E-state index < -0.39 is 19.8 Å². The molecule has 2 aromatic carbocycles. The van der Waals surface area contributed by atoms with Crippen LogP contribution in [0.1, 0.15) is 16.1 Å². The quantitative estimate of drug-likeness (QED) is 0.531. The van der Waals surface area contributed by atoms with Gasteiger partial charge in [0.1, 0.15) is 5.69 Å². The lowest BCUT2D eigenvalue weighted by Crippen LogP contribution is -2.40. The lowest BCUT2D eigenvalue weighted by atomic mass is 10.1. The molecule has 0 radical (unpaired) electrons. The highest BCUT2D eigenvalue weighted by Crippen LogP contribution is 2.35. The van der Waals surface area contributed by atoms with Gasteiger partial charge in [0, 0.05) is 0 Å². The Balaban J connectivity index is 1.76. The van der Waals surface area contributed by atoms with Crippen molar-refractivity contribution in [2.75, 3.05) is 6.61 Å². The van der Waals surface area contributed by atoms with E-state index >= 15 is 0 Å². The summed E-state index contributed by atoms with van der Waals surface area (Å²) in [6.45, 7) is -0.341. The molecule has 140 valence electrons. The predicted molar refractivity (Wildman–Crippen MR) is 98.9 cm³/mol. The number of amides is 1. The van der Waals surface area contributed by atoms with Crippen molar-refractivity contribution in [3.8, 4) is 0 Å². The zero-order valence-electron chi connectivity index (χ0n) is 14.2. The number of nitrogens with zero attached hydrogens (tertiary/aromatic N) is 2. The Hall–Kier alpha value is -2.64. The third kappa shape index (κ3) is 5.67. The van der Waals surface area contributed by atoms with Crippen LogP contribution in [0.3, 0.4) is 0 Å². The summed E-state index contributed by atoms with van der Waals surface area (Å²) in [5.74, 6) is -0.497. The number of aromatic nitrogens is 2. The highest BCUT2D eigenvalue weighted by atomic mass is 31.2.